The summed E-state index contributed by atoms with van der Waals surface area (Å²) in [6, 6.07) is 7.91. The summed E-state index contributed by atoms with van der Waals surface area (Å²) in [7, 11) is 0. The normalized spacial score (nSPS) is 20.8. The summed E-state index contributed by atoms with van der Waals surface area (Å²) >= 11 is 0. The minimum absolute atomic E-state index is 0.0285. The fraction of sp³-hybridized carbons (Fsp3) is 0.632. The second kappa shape index (κ2) is 8.79. The SMILES string of the molecule is CC.CCC1CN(Cc2cccc(C(=O)N3CCC(C#N)C3)n2)C1. The quantitative estimate of drug-likeness (QED) is 0.852. The molecule has 2 aliphatic heterocycles. The molecule has 130 valence electrons. The molecule has 1 aromatic heterocycles. The zero-order valence-corrected chi connectivity index (χ0v) is 15.0. The number of rotatable bonds is 4. The van der Waals surface area contributed by atoms with E-state index in [9.17, 15) is 4.79 Å². The van der Waals surface area contributed by atoms with Crippen LogP contribution in [0.25, 0.3) is 0 Å². The van der Waals surface area contributed by atoms with Crippen molar-refractivity contribution in [2.45, 2.75) is 40.2 Å². The van der Waals surface area contributed by atoms with E-state index >= 15 is 0 Å². The van der Waals surface area contributed by atoms with Crippen LogP contribution in [0.4, 0.5) is 0 Å². The monoisotopic (exact) mass is 328 g/mol. The molecule has 5 nitrogen and oxygen atoms in total. The molecule has 0 spiro atoms. The Kier molecular flexibility index (Phi) is 6.74. The van der Waals surface area contributed by atoms with Crippen molar-refractivity contribution in [1.29, 1.82) is 5.26 Å². The predicted octanol–water partition coefficient (Wildman–Crippen LogP) is 2.94. The van der Waals surface area contributed by atoms with Gasteiger partial charge in [0.2, 0.25) is 0 Å². The molecule has 5 heteroatoms. The minimum atomic E-state index is -0.0466. The summed E-state index contributed by atoms with van der Waals surface area (Å²) < 4.78 is 0. The largest absolute Gasteiger partial charge is 0.336 e. The van der Waals surface area contributed by atoms with E-state index in [1.165, 1.54) is 6.42 Å². The van der Waals surface area contributed by atoms with Gasteiger partial charge in [0.15, 0.2) is 0 Å². The molecule has 3 rings (SSSR count). The average Bonchev–Trinajstić information content (AvgIpc) is 3.08. The summed E-state index contributed by atoms with van der Waals surface area (Å²) in [5.41, 5.74) is 1.46. The van der Waals surface area contributed by atoms with Crippen LogP contribution >= 0.6 is 0 Å². The number of amides is 1. The first-order chi connectivity index (χ1) is 11.7. The third-order valence-electron chi connectivity index (χ3n) is 4.68. The second-order valence-electron chi connectivity index (χ2n) is 6.35. The first kappa shape index (κ1) is 18.4. The van der Waals surface area contributed by atoms with Gasteiger partial charge in [-0.2, -0.15) is 5.26 Å². The summed E-state index contributed by atoms with van der Waals surface area (Å²) in [4.78, 5) is 21.1. The molecule has 2 saturated heterocycles. The fourth-order valence-corrected chi connectivity index (χ4v) is 3.19. The van der Waals surface area contributed by atoms with Gasteiger partial charge in [0.1, 0.15) is 5.69 Å². The van der Waals surface area contributed by atoms with Crippen molar-refractivity contribution >= 4 is 5.91 Å². The molecule has 0 aromatic carbocycles. The number of nitriles is 1. The maximum atomic E-state index is 12.5. The molecule has 1 atom stereocenters. The minimum Gasteiger partial charge on any atom is -0.336 e. The zero-order chi connectivity index (χ0) is 17.5. The molecule has 0 aliphatic carbocycles. The molecule has 0 saturated carbocycles. The lowest BCUT2D eigenvalue weighted by Crippen LogP contribution is -2.45. The van der Waals surface area contributed by atoms with Crippen LogP contribution in [0.3, 0.4) is 0 Å². The number of pyridine rings is 1. The van der Waals surface area contributed by atoms with Gasteiger partial charge in [-0.05, 0) is 24.5 Å². The van der Waals surface area contributed by atoms with Gasteiger partial charge in [-0.1, -0.05) is 33.3 Å². The Bertz CT molecular complexity index is 589. The third-order valence-corrected chi connectivity index (χ3v) is 4.68. The van der Waals surface area contributed by atoms with Crippen LogP contribution < -0.4 is 0 Å². The molecular weight excluding hydrogens is 300 g/mol. The predicted molar refractivity (Wildman–Crippen MR) is 94.3 cm³/mol. The molecule has 1 amide bonds. The van der Waals surface area contributed by atoms with Crippen LogP contribution in [-0.4, -0.2) is 46.9 Å². The van der Waals surface area contributed by atoms with E-state index in [0.717, 1.165) is 37.7 Å². The summed E-state index contributed by atoms with van der Waals surface area (Å²) in [6.45, 7) is 10.5. The third kappa shape index (κ3) is 4.33. The molecule has 0 N–H and O–H groups in total. The summed E-state index contributed by atoms with van der Waals surface area (Å²) in [6.07, 6.45) is 2.01. The average molecular weight is 328 g/mol. The molecule has 1 unspecified atom stereocenters. The van der Waals surface area contributed by atoms with Gasteiger partial charge < -0.3 is 4.90 Å². The van der Waals surface area contributed by atoms with Crippen LogP contribution in [0.15, 0.2) is 18.2 Å². The maximum Gasteiger partial charge on any atom is 0.272 e. The van der Waals surface area contributed by atoms with Crippen LogP contribution in [0.5, 0.6) is 0 Å². The van der Waals surface area contributed by atoms with Crippen LogP contribution in [-0.2, 0) is 6.54 Å². The molecule has 1 aromatic rings. The Morgan fingerprint density at radius 2 is 2.08 bits per heavy atom. The van der Waals surface area contributed by atoms with E-state index in [4.69, 9.17) is 5.26 Å². The van der Waals surface area contributed by atoms with Crippen molar-refractivity contribution in [1.82, 2.24) is 14.8 Å². The number of aromatic nitrogens is 1. The fourth-order valence-electron chi connectivity index (χ4n) is 3.19. The van der Waals surface area contributed by atoms with Crippen molar-refractivity contribution < 1.29 is 4.79 Å². The summed E-state index contributed by atoms with van der Waals surface area (Å²) in [5, 5.41) is 8.95. The smallest absolute Gasteiger partial charge is 0.272 e. The maximum absolute atomic E-state index is 12.5. The molecular formula is C19H28N4O. The van der Waals surface area contributed by atoms with Crippen molar-refractivity contribution in [3.63, 3.8) is 0 Å². The van der Waals surface area contributed by atoms with Gasteiger partial charge in [0.25, 0.3) is 5.91 Å². The van der Waals surface area contributed by atoms with E-state index in [1.807, 2.05) is 26.0 Å². The lowest BCUT2D eigenvalue weighted by Gasteiger charge is -2.38. The van der Waals surface area contributed by atoms with Gasteiger partial charge in [-0.25, -0.2) is 4.98 Å². The first-order valence-corrected chi connectivity index (χ1v) is 9.06. The van der Waals surface area contributed by atoms with Crippen LogP contribution in [0.1, 0.15) is 49.8 Å². The van der Waals surface area contributed by atoms with Gasteiger partial charge in [0, 0.05) is 32.7 Å². The lowest BCUT2D eigenvalue weighted by molar-refractivity contribution is 0.0778. The van der Waals surface area contributed by atoms with E-state index in [0.29, 0.717) is 18.8 Å². The highest BCUT2D eigenvalue weighted by atomic mass is 16.2. The first-order valence-electron chi connectivity index (χ1n) is 9.06. The highest BCUT2D eigenvalue weighted by molar-refractivity contribution is 5.92. The van der Waals surface area contributed by atoms with Crippen molar-refractivity contribution in [2.24, 2.45) is 11.8 Å². The Hall–Kier alpha value is -1.93. The van der Waals surface area contributed by atoms with Gasteiger partial charge in [-0.15, -0.1) is 0 Å². The van der Waals surface area contributed by atoms with Gasteiger partial charge in [-0.3, -0.25) is 9.69 Å². The molecule has 24 heavy (non-hydrogen) atoms. The number of likely N-dealkylation sites (tertiary alicyclic amines) is 2. The molecule has 2 fully saturated rings. The molecule has 0 radical (unpaired) electrons. The standard InChI is InChI=1S/C17H22N4O.C2H6/c1-2-13-9-20(10-13)12-15-4-3-5-16(19-15)17(22)21-7-6-14(8-18)11-21;1-2/h3-5,13-14H,2,6-7,9-12H2,1H3;1-2H3. The van der Waals surface area contributed by atoms with E-state index in [2.05, 4.69) is 22.9 Å². The van der Waals surface area contributed by atoms with Crippen LogP contribution in [0, 0.1) is 23.2 Å². The second-order valence-corrected chi connectivity index (χ2v) is 6.35. The van der Waals surface area contributed by atoms with Crippen molar-refractivity contribution in [3.8, 4) is 6.07 Å². The topological polar surface area (TPSA) is 60.2 Å². The summed E-state index contributed by atoms with van der Waals surface area (Å²) in [5.74, 6) is 0.742. The molecule has 0 bridgehead atoms. The van der Waals surface area contributed by atoms with Gasteiger partial charge >= 0.3 is 0 Å². The molecule has 3 heterocycles. The number of carbonyl (C=O) groups is 1. The number of carbonyl (C=O) groups excluding carboxylic acids is 1. The van der Waals surface area contributed by atoms with Gasteiger partial charge in [0.05, 0.1) is 17.7 Å². The molecule has 2 aliphatic rings. The Labute approximate surface area is 145 Å². The van der Waals surface area contributed by atoms with E-state index in [1.54, 1.807) is 11.0 Å². The van der Waals surface area contributed by atoms with Crippen molar-refractivity contribution in [2.75, 3.05) is 26.2 Å². The lowest BCUT2D eigenvalue weighted by atomic mass is 9.97. The Morgan fingerprint density at radius 1 is 1.33 bits per heavy atom. The number of hydrogen-bond acceptors (Lipinski definition) is 4. The zero-order valence-electron chi connectivity index (χ0n) is 15.0. The Balaban J connectivity index is 0.00000100. The van der Waals surface area contributed by atoms with E-state index in [-0.39, 0.29) is 11.8 Å². The van der Waals surface area contributed by atoms with Crippen LogP contribution in [0.2, 0.25) is 0 Å². The highest BCUT2D eigenvalue weighted by Crippen LogP contribution is 2.21. The highest BCUT2D eigenvalue weighted by Gasteiger charge is 2.28. The Morgan fingerprint density at radius 3 is 2.71 bits per heavy atom. The van der Waals surface area contributed by atoms with E-state index < -0.39 is 0 Å². The van der Waals surface area contributed by atoms with Crippen molar-refractivity contribution in [3.05, 3.63) is 29.6 Å². The number of nitrogens with zero attached hydrogens (tertiary/aromatic N) is 4. The number of hydrogen-bond donors (Lipinski definition) is 0.